The quantitative estimate of drug-likeness (QED) is 0.690. The summed E-state index contributed by atoms with van der Waals surface area (Å²) in [7, 11) is 0. The van der Waals surface area contributed by atoms with E-state index in [0.717, 1.165) is 11.1 Å². The first kappa shape index (κ1) is 15.2. The fourth-order valence-electron chi connectivity index (χ4n) is 2.26. The second-order valence-corrected chi connectivity index (χ2v) is 5.56. The van der Waals surface area contributed by atoms with Crippen LogP contribution in [0.15, 0.2) is 41.3 Å². The van der Waals surface area contributed by atoms with Crippen molar-refractivity contribution in [3.05, 3.63) is 68.6 Å². The molecule has 3 aromatic rings. The van der Waals surface area contributed by atoms with E-state index in [2.05, 4.69) is 4.98 Å². The van der Waals surface area contributed by atoms with E-state index in [4.69, 9.17) is 16.3 Å². The molecule has 3 rings (SSSR count). The molecule has 0 radical (unpaired) electrons. The average molecular weight is 329 g/mol. The van der Waals surface area contributed by atoms with E-state index >= 15 is 0 Å². The van der Waals surface area contributed by atoms with Gasteiger partial charge in [0.25, 0.3) is 5.56 Å². The highest BCUT2D eigenvalue weighted by Crippen LogP contribution is 2.26. The number of halogens is 1. The number of hydrogen-bond donors (Lipinski definition) is 0. The van der Waals surface area contributed by atoms with Crippen LogP contribution in [0.3, 0.4) is 0 Å². The summed E-state index contributed by atoms with van der Waals surface area (Å²) in [6.45, 7) is 3.67. The van der Waals surface area contributed by atoms with Crippen LogP contribution in [0.4, 0.5) is 0 Å². The Morgan fingerprint density at radius 1 is 1.22 bits per heavy atom. The minimum Gasteiger partial charge on any atom is -0.438 e. The molecule has 5 nitrogen and oxygen atoms in total. The second kappa shape index (κ2) is 5.85. The number of aldehydes is 1. The van der Waals surface area contributed by atoms with Gasteiger partial charge in [-0.2, -0.15) is 4.98 Å². The molecule has 0 aliphatic heterocycles. The highest BCUT2D eigenvalue weighted by Gasteiger charge is 2.15. The van der Waals surface area contributed by atoms with Crippen LogP contribution in [0.1, 0.15) is 21.5 Å². The van der Waals surface area contributed by atoms with E-state index in [1.165, 1.54) is 4.40 Å². The Morgan fingerprint density at radius 3 is 2.70 bits per heavy atom. The summed E-state index contributed by atoms with van der Waals surface area (Å²) >= 11 is 5.99. The van der Waals surface area contributed by atoms with Gasteiger partial charge in [-0.25, -0.2) is 0 Å². The van der Waals surface area contributed by atoms with Crippen molar-refractivity contribution in [2.75, 3.05) is 0 Å². The van der Waals surface area contributed by atoms with Crippen molar-refractivity contribution >= 4 is 23.5 Å². The van der Waals surface area contributed by atoms with Crippen LogP contribution in [-0.2, 0) is 0 Å². The predicted octanol–water partition coefficient (Wildman–Crippen LogP) is 3.57. The standard InChI is InChI=1S/C17H13ClN2O3/c1-10-4-3-7-20-15(10)19-16(13(9-21)17(20)22)23-12-5-6-14(18)11(2)8-12/h3-9H,1-2H3. The molecular formula is C17H13ClN2O3. The maximum atomic E-state index is 12.4. The molecule has 0 saturated carbocycles. The topological polar surface area (TPSA) is 60.7 Å². The van der Waals surface area contributed by atoms with Gasteiger partial charge in [0.15, 0.2) is 6.29 Å². The van der Waals surface area contributed by atoms with Crippen molar-refractivity contribution in [3.63, 3.8) is 0 Å². The van der Waals surface area contributed by atoms with E-state index < -0.39 is 5.56 Å². The summed E-state index contributed by atoms with van der Waals surface area (Å²) in [6.07, 6.45) is 2.03. The molecule has 0 saturated heterocycles. The van der Waals surface area contributed by atoms with Crippen LogP contribution in [0.5, 0.6) is 11.6 Å². The fourth-order valence-corrected chi connectivity index (χ4v) is 2.38. The fraction of sp³-hybridized carbons (Fsp3) is 0.118. The van der Waals surface area contributed by atoms with Crippen molar-refractivity contribution in [2.24, 2.45) is 0 Å². The van der Waals surface area contributed by atoms with Gasteiger partial charge < -0.3 is 4.74 Å². The number of aromatic nitrogens is 2. The summed E-state index contributed by atoms with van der Waals surface area (Å²) in [5.41, 5.74) is 1.49. The summed E-state index contributed by atoms with van der Waals surface area (Å²) in [5.74, 6) is 0.445. The number of pyridine rings is 1. The zero-order chi connectivity index (χ0) is 16.6. The molecule has 0 spiro atoms. The van der Waals surface area contributed by atoms with Gasteiger partial charge in [0.2, 0.25) is 5.88 Å². The number of carbonyl (C=O) groups is 1. The molecule has 116 valence electrons. The lowest BCUT2D eigenvalue weighted by molar-refractivity contribution is 0.111. The molecule has 2 aromatic heterocycles. The molecule has 0 amide bonds. The monoisotopic (exact) mass is 328 g/mol. The summed E-state index contributed by atoms with van der Waals surface area (Å²) in [4.78, 5) is 28.1. The molecule has 0 aliphatic carbocycles. The molecule has 0 fully saturated rings. The van der Waals surface area contributed by atoms with Gasteiger partial charge in [0.1, 0.15) is 17.0 Å². The SMILES string of the molecule is Cc1cc(Oc2nc3c(C)cccn3c(=O)c2C=O)ccc1Cl. The first-order valence-electron chi connectivity index (χ1n) is 6.92. The van der Waals surface area contributed by atoms with Crippen LogP contribution in [0.25, 0.3) is 5.65 Å². The van der Waals surface area contributed by atoms with Gasteiger partial charge in [-0.05, 0) is 49.2 Å². The summed E-state index contributed by atoms with van der Waals surface area (Å²) in [5, 5.41) is 0.607. The van der Waals surface area contributed by atoms with Gasteiger partial charge in [0, 0.05) is 11.2 Å². The Hall–Kier alpha value is -2.66. The molecule has 0 atom stereocenters. The highest BCUT2D eigenvalue weighted by atomic mass is 35.5. The Bertz CT molecular complexity index is 979. The number of ether oxygens (including phenoxy) is 1. The Labute approximate surface area is 137 Å². The smallest absolute Gasteiger partial charge is 0.272 e. The first-order valence-corrected chi connectivity index (χ1v) is 7.30. The molecule has 0 N–H and O–H groups in total. The molecule has 1 aromatic carbocycles. The van der Waals surface area contributed by atoms with Gasteiger partial charge in [-0.15, -0.1) is 0 Å². The van der Waals surface area contributed by atoms with E-state index in [0.29, 0.717) is 22.7 Å². The third-order valence-corrected chi connectivity index (χ3v) is 3.94. The normalized spacial score (nSPS) is 10.7. The Morgan fingerprint density at radius 2 is 2.00 bits per heavy atom. The molecule has 0 bridgehead atoms. The molecule has 0 aliphatic rings. The number of aryl methyl sites for hydroxylation is 2. The van der Waals surface area contributed by atoms with E-state index in [9.17, 15) is 9.59 Å². The van der Waals surface area contributed by atoms with Crippen LogP contribution >= 0.6 is 11.6 Å². The van der Waals surface area contributed by atoms with Crippen LogP contribution < -0.4 is 10.3 Å². The van der Waals surface area contributed by atoms with Crippen LogP contribution in [0.2, 0.25) is 5.02 Å². The Balaban J connectivity index is 2.20. The molecule has 0 unspecified atom stereocenters. The number of nitrogens with zero attached hydrogens (tertiary/aromatic N) is 2. The van der Waals surface area contributed by atoms with Crippen LogP contribution in [0, 0.1) is 13.8 Å². The number of hydrogen-bond acceptors (Lipinski definition) is 4. The number of carbonyl (C=O) groups excluding carboxylic acids is 1. The van der Waals surface area contributed by atoms with Crippen molar-refractivity contribution in [2.45, 2.75) is 13.8 Å². The lowest BCUT2D eigenvalue weighted by atomic mass is 10.2. The number of fused-ring (bicyclic) bond motifs is 1. The lowest BCUT2D eigenvalue weighted by Crippen LogP contribution is -2.21. The predicted molar refractivity (Wildman–Crippen MR) is 87.8 cm³/mol. The van der Waals surface area contributed by atoms with Crippen molar-refractivity contribution in [1.29, 1.82) is 0 Å². The van der Waals surface area contributed by atoms with Gasteiger partial charge in [-0.1, -0.05) is 17.7 Å². The Kier molecular flexibility index (Phi) is 3.88. The number of rotatable bonds is 3. The molecule has 2 heterocycles. The van der Waals surface area contributed by atoms with Crippen LogP contribution in [-0.4, -0.2) is 15.7 Å². The van der Waals surface area contributed by atoms with Gasteiger partial charge >= 0.3 is 0 Å². The lowest BCUT2D eigenvalue weighted by Gasteiger charge is -2.10. The molecular weight excluding hydrogens is 316 g/mol. The van der Waals surface area contributed by atoms with E-state index in [1.807, 2.05) is 19.9 Å². The second-order valence-electron chi connectivity index (χ2n) is 5.15. The third kappa shape index (κ3) is 2.71. The maximum Gasteiger partial charge on any atom is 0.272 e. The highest BCUT2D eigenvalue weighted by molar-refractivity contribution is 6.31. The zero-order valence-electron chi connectivity index (χ0n) is 12.5. The number of benzene rings is 1. The zero-order valence-corrected chi connectivity index (χ0v) is 13.3. The average Bonchev–Trinajstić information content (AvgIpc) is 2.52. The first-order chi connectivity index (χ1) is 11.0. The maximum absolute atomic E-state index is 12.4. The van der Waals surface area contributed by atoms with Crippen molar-refractivity contribution in [1.82, 2.24) is 9.38 Å². The van der Waals surface area contributed by atoms with Crippen molar-refractivity contribution in [3.8, 4) is 11.6 Å². The van der Waals surface area contributed by atoms with Gasteiger partial charge in [-0.3, -0.25) is 14.0 Å². The molecule has 6 heteroatoms. The largest absolute Gasteiger partial charge is 0.438 e. The van der Waals surface area contributed by atoms with E-state index in [-0.39, 0.29) is 11.4 Å². The third-order valence-electron chi connectivity index (χ3n) is 3.51. The molecule has 23 heavy (non-hydrogen) atoms. The van der Waals surface area contributed by atoms with Gasteiger partial charge in [0.05, 0.1) is 0 Å². The summed E-state index contributed by atoms with van der Waals surface area (Å²) in [6, 6.07) is 8.62. The van der Waals surface area contributed by atoms with Crippen molar-refractivity contribution < 1.29 is 9.53 Å². The summed E-state index contributed by atoms with van der Waals surface area (Å²) < 4.78 is 7.00. The minimum absolute atomic E-state index is 0.0129. The minimum atomic E-state index is -0.464. The van der Waals surface area contributed by atoms with E-state index in [1.54, 1.807) is 30.5 Å².